The zero-order valence-electron chi connectivity index (χ0n) is 16.6. The van der Waals surface area contributed by atoms with Crippen LogP contribution in [0.2, 0.25) is 0 Å². The van der Waals surface area contributed by atoms with Crippen LogP contribution in [0.5, 0.6) is 5.75 Å². The minimum Gasteiger partial charge on any atom is -0.487 e. The minimum absolute atomic E-state index is 0.244. The van der Waals surface area contributed by atoms with Gasteiger partial charge in [-0.3, -0.25) is 4.79 Å². The van der Waals surface area contributed by atoms with Crippen molar-refractivity contribution in [2.75, 3.05) is 5.32 Å². The average Bonchev–Trinajstić information content (AvgIpc) is 3.20. The molecule has 0 saturated heterocycles. The van der Waals surface area contributed by atoms with Gasteiger partial charge < -0.3 is 25.5 Å². The van der Waals surface area contributed by atoms with Crippen molar-refractivity contribution in [2.24, 2.45) is 5.73 Å². The first-order chi connectivity index (χ1) is 15.1. The molecule has 156 valence electrons. The highest BCUT2D eigenvalue weighted by molar-refractivity contribution is 6.04. The van der Waals surface area contributed by atoms with Gasteiger partial charge in [0.15, 0.2) is 0 Å². The van der Waals surface area contributed by atoms with Gasteiger partial charge in [-0.05, 0) is 42.0 Å². The molecule has 4 N–H and O–H groups in total. The van der Waals surface area contributed by atoms with Crippen molar-refractivity contribution in [1.29, 1.82) is 0 Å². The van der Waals surface area contributed by atoms with Crippen molar-refractivity contribution in [2.45, 2.75) is 13.2 Å². The number of benzene rings is 2. The van der Waals surface area contributed by atoms with E-state index < -0.39 is 6.03 Å². The van der Waals surface area contributed by atoms with Crippen LogP contribution in [-0.4, -0.2) is 21.3 Å². The van der Waals surface area contributed by atoms with Crippen molar-refractivity contribution < 1.29 is 14.3 Å². The third kappa shape index (κ3) is 5.18. The predicted molar refractivity (Wildman–Crippen MR) is 117 cm³/mol. The summed E-state index contributed by atoms with van der Waals surface area (Å²) < 4.78 is 7.77. The van der Waals surface area contributed by atoms with Gasteiger partial charge in [-0.25, -0.2) is 9.78 Å². The number of amides is 3. The van der Waals surface area contributed by atoms with Crippen LogP contribution in [0, 0.1) is 0 Å². The molecule has 31 heavy (non-hydrogen) atoms. The number of nitrogens with one attached hydrogen (secondary N) is 2. The molecule has 4 rings (SSSR count). The molecule has 0 fully saturated rings. The van der Waals surface area contributed by atoms with E-state index in [4.69, 9.17) is 10.5 Å². The number of nitrogens with two attached hydrogens (primary N) is 1. The van der Waals surface area contributed by atoms with Crippen molar-refractivity contribution >= 4 is 23.3 Å². The summed E-state index contributed by atoms with van der Waals surface area (Å²) in [6.07, 6.45) is 3.85. The molecule has 0 saturated carbocycles. The maximum atomic E-state index is 12.5. The normalized spacial score (nSPS) is 10.6. The Morgan fingerprint density at radius 1 is 1.03 bits per heavy atom. The van der Waals surface area contributed by atoms with Gasteiger partial charge in [0.1, 0.15) is 18.0 Å². The summed E-state index contributed by atoms with van der Waals surface area (Å²) in [5, 5.41) is 5.37. The number of nitrogens with zero attached hydrogens (tertiary/aromatic N) is 2. The summed E-state index contributed by atoms with van der Waals surface area (Å²) >= 11 is 0. The summed E-state index contributed by atoms with van der Waals surface area (Å²) in [5.74, 6) is 0.384. The lowest BCUT2D eigenvalue weighted by atomic mass is 10.1. The Morgan fingerprint density at radius 2 is 1.87 bits per heavy atom. The summed E-state index contributed by atoms with van der Waals surface area (Å²) in [5.41, 5.74) is 8.70. The fourth-order valence-electron chi connectivity index (χ4n) is 3.04. The zero-order valence-corrected chi connectivity index (χ0v) is 16.6. The van der Waals surface area contributed by atoms with Crippen LogP contribution in [0.3, 0.4) is 0 Å². The predicted octanol–water partition coefficient (Wildman–Crippen LogP) is 3.33. The Bertz CT molecular complexity index is 1180. The highest BCUT2D eigenvalue weighted by Crippen LogP contribution is 2.19. The van der Waals surface area contributed by atoms with Crippen LogP contribution < -0.4 is 21.1 Å². The average molecular weight is 415 g/mol. The van der Waals surface area contributed by atoms with Gasteiger partial charge in [0.2, 0.25) is 0 Å². The number of primary amides is 1. The van der Waals surface area contributed by atoms with E-state index in [1.165, 1.54) is 0 Å². The number of aromatic nitrogens is 2. The number of hydrogen-bond acceptors (Lipinski definition) is 4. The maximum Gasteiger partial charge on any atom is 0.312 e. The highest BCUT2D eigenvalue weighted by Gasteiger charge is 2.08. The van der Waals surface area contributed by atoms with Crippen LogP contribution in [-0.2, 0) is 13.2 Å². The maximum absolute atomic E-state index is 12.5. The molecule has 3 amide bonds. The lowest BCUT2D eigenvalue weighted by Gasteiger charge is -2.09. The van der Waals surface area contributed by atoms with Crippen molar-refractivity contribution in [3.05, 3.63) is 95.9 Å². The van der Waals surface area contributed by atoms with Gasteiger partial charge in [0.25, 0.3) is 5.91 Å². The Morgan fingerprint density at radius 3 is 2.65 bits per heavy atom. The van der Waals surface area contributed by atoms with E-state index in [0.717, 1.165) is 16.9 Å². The first kappa shape index (κ1) is 20.0. The number of urea groups is 1. The molecular weight excluding hydrogens is 394 g/mol. The number of pyridine rings is 1. The van der Waals surface area contributed by atoms with Crippen LogP contribution in [0.1, 0.15) is 21.6 Å². The molecule has 8 heteroatoms. The highest BCUT2D eigenvalue weighted by atomic mass is 16.5. The van der Waals surface area contributed by atoms with Gasteiger partial charge in [-0.2, -0.15) is 0 Å². The number of hydrogen-bond donors (Lipinski definition) is 3. The van der Waals surface area contributed by atoms with Crippen molar-refractivity contribution in [1.82, 2.24) is 14.7 Å². The lowest BCUT2D eigenvalue weighted by Crippen LogP contribution is -2.28. The molecule has 0 spiro atoms. The van der Waals surface area contributed by atoms with Crippen LogP contribution in [0.15, 0.2) is 79.1 Å². The van der Waals surface area contributed by atoms with Gasteiger partial charge in [0.05, 0.1) is 5.69 Å². The summed E-state index contributed by atoms with van der Waals surface area (Å²) in [6.45, 7) is 0.628. The number of rotatable bonds is 7. The van der Waals surface area contributed by atoms with Gasteiger partial charge in [0, 0.05) is 36.3 Å². The molecule has 0 aliphatic carbocycles. The lowest BCUT2D eigenvalue weighted by molar-refractivity contribution is 0.102. The van der Waals surface area contributed by atoms with Crippen molar-refractivity contribution in [3.63, 3.8) is 0 Å². The fraction of sp³-hybridized carbons (Fsp3) is 0.0870. The summed E-state index contributed by atoms with van der Waals surface area (Å²) in [6, 6.07) is 19.3. The quantitative estimate of drug-likeness (QED) is 0.430. The molecule has 2 heterocycles. The molecule has 4 aromatic rings. The van der Waals surface area contributed by atoms with Gasteiger partial charge in [-0.1, -0.05) is 24.3 Å². The molecule has 0 radical (unpaired) electrons. The third-order valence-electron chi connectivity index (χ3n) is 4.58. The molecule has 0 aliphatic rings. The smallest absolute Gasteiger partial charge is 0.312 e. The van der Waals surface area contributed by atoms with E-state index in [0.29, 0.717) is 30.2 Å². The molecule has 8 nitrogen and oxygen atoms in total. The van der Waals surface area contributed by atoms with E-state index in [1.807, 2.05) is 47.1 Å². The first-order valence-electron chi connectivity index (χ1n) is 9.66. The monoisotopic (exact) mass is 415 g/mol. The van der Waals surface area contributed by atoms with E-state index in [2.05, 4.69) is 15.6 Å². The molecule has 0 aliphatic heterocycles. The first-order valence-corrected chi connectivity index (χ1v) is 9.66. The van der Waals surface area contributed by atoms with E-state index in [1.54, 1.807) is 36.4 Å². The van der Waals surface area contributed by atoms with E-state index >= 15 is 0 Å². The number of imidazole rings is 1. The van der Waals surface area contributed by atoms with Crippen LogP contribution in [0.4, 0.5) is 10.5 Å². The van der Waals surface area contributed by atoms with Crippen molar-refractivity contribution in [3.8, 4) is 5.75 Å². The van der Waals surface area contributed by atoms with Gasteiger partial charge >= 0.3 is 6.03 Å². The Labute approximate surface area is 178 Å². The topological polar surface area (TPSA) is 111 Å². The standard InChI is InChI=1S/C23H21N5O3/c24-23(30)25-13-16-7-9-17(10-8-16)22(29)27-18-4-3-5-20(12-18)31-15-19-14-28-11-2-1-6-21(28)26-19/h1-12,14H,13,15H2,(H,27,29)(H3,24,25,30). The van der Waals surface area contributed by atoms with Gasteiger partial charge in [-0.15, -0.1) is 0 Å². The molecule has 0 bridgehead atoms. The Kier molecular flexibility index (Phi) is 5.79. The zero-order chi connectivity index (χ0) is 21.6. The fourth-order valence-corrected chi connectivity index (χ4v) is 3.04. The number of anilines is 1. The SMILES string of the molecule is NC(=O)NCc1ccc(C(=O)Nc2cccc(OCc3cn4ccccc4n3)c2)cc1. The second kappa shape index (κ2) is 9.00. The molecular formula is C23H21N5O3. The number of carbonyl (C=O) groups excluding carboxylic acids is 2. The summed E-state index contributed by atoms with van der Waals surface area (Å²) in [4.78, 5) is 27.8. The molecule has 2 aromatic heterocycles. The van der Waals surface area contributed by atoms with E-state index in [-0.39, 0.29) is 5.91 Å². The third-order valence-corrected chi connectivity index (χ3v) is 4.58. The molecule has 0 unspecified atom stereocenters. The second-order valence-electron chi connectivity index (χ2n) is 6.88. The van der Waals surface area contributed by atoms with Crippen LogP contribution in [0.25, 0.3) is 5.65 Å². The Hall–Kier alpha value is -4.33. The largest absolute Gasteiger partial charge is 0.487 e. The number of ether oxygens (including phenoxy) is 1. The molecule has 2 aromatic carbocycles. The Balaban J connectivity index is 1.36. The van der Waals surface area contributed by atoms with Crippen LogP contribution >= 0.6 is 0 Å². The number of fused-ring (bicyclic) bond motifs is 1. The summed E-state index contributed by atoms with van der Waals surface area (Å²) in [7, 11) is 0. The molecule has 0 atom stereocenters. The van der Waals surface area contributed by atoms with E-state index in [9.17, 15) is 9.59 Å². The minimum atomic E-state index is -0.592. The number of carbonyl (C=O) groups is 2. The second-order valence-corrected chi connectivity index (χ2v) is 6.88.